The highest BCUT2D eigenvalue weighted by atomic mass is 32.2. The molecular formula is C21H24N2O5S. The van der Waals surface area contributed by atoms with E-state index in [1.807, 2.05) is 0 Å². The summed E-state index contributed by atoms with van der Waals surface area (Å²) >= 11 is 0. The zero-order valence-electron chi connectivity index (χ0n) is 16.4. The molecule has 1 heterocycles. The van der Waals surface area contributed by atoms with Gasteiger partial charge in [-0.05, 0) is 63.1 Å². The molecule has 1 saturated carbocycles. The van der Waals surface area contributed by atoms with Crippen molar-refractivity contribution in [2.24, 2.45) is 0 Å². The van der Waals surface area contributed by atoms with E-state index in [1.165, 1.54) is 24.3 Å². The number of carbonyl (C=O) groups excluding carboxylic acids is 1. The second kappa shape index (κ2) is 7.35. The fourth-order valence-corrected chi connectivity index (χ4v) is 4.91. The minimum atomic E-state index is -3.59. The predicted molar refractivity (Wildman–Crippen MR) is 109 cm³/mol. The molecule has 7 nitrogen and oxygen atoms in total. The lowest BCUT2D eigenvalue weighted by Gasteiger charge is -2.21. The van der Waals surface area contributed by atoms with Crippen LogP contribution in [-0.2, 0) is 10.0 Å². The SMILES string of the molecule is CC(C)NS(=O)(=O)c1ccc(C(=O)Nc2ccc3c(c2)OC2(CCCC2)O3)cc1. The second-order valence-corrected chi connectivity index (χ2v) is 9.45. The van der Waals surface area contributed by atoms with E-state index in [4.69, 9.17) is 9.47 Å². The lowest BCUT2D eigenvalue weighted by molar-refractivity contribution is -0.0716. The van der Waals surface area contributed by atoms with Gasteiger partial charge in [-0.15, -0.1) is 0 Å². The van der Waals surface area contributed by atoms with Crippen LogP contribution in [0.3, 0.4) is 0 Å². The number of nitrogens with one attached hydrogen (secondary N) is 2. The van der Waals surface area contributed by atoms with E-state index in [0.29, 0.717) is 22.7 Å². The largest absolute Gasteiger partial charge is 0.448 e. The van der Waals surface area contributed by atoms with Gasteiger partial charge in [0.25, 0.3) is 11.7 Å². The first-order chi connectivity index (χ1) is 13.8. The Morgan fingerprint density at radius 3 is 2.31 bits per heavy atom. The summed E-state index contributed by atoms with van der Waals surface area (Å²) in [6.07, 6.45) is 3.89. The number of carbonyl (C=O) groups is 1. The summed E-state index contributed by atoms with van der Waals surface area (Å²) in [5, 5.41) is 2.82. The van der Waals surface area contributed by atoms with Crippen LogP contribution in [0.15, 0.2) is 47.4 Å². The molecule has 29 heavy (non-hydrogen) atoms. The number of benzene rings is 2. The minimum Gasteiger partial charge on any atom is -0.448 e. The predicted octanol–water partition coefficient (Wildman–Crippen LogP) is 3.67. The highest BCUT2D eigenvalue weighted by Gasteiger charge is 2.44. The highest BCUT2D eigenvalue weighted by molar-refractivity contribution is 7.89. The fraction of sp³-hybridized carbons (Fsp3) is 0.381. The zero-order chi connectivity index (χ0) is 20.6. The fourth-order valence-electron chi connectivity index (χ4n) is 3.66. The van der Waals surface area contributed by atoms with Gasteiger partial charge in [0.1, 0.15) is 0 Å². The molecule has 0 unspecified atom stereocenters. The molecule has 0 atom stereocenters. The lowest BCUT2D eigenvalue weighted by Crippen LogP contribution is -2.34. The summed E-state index contributed by atoms with van der Waals surface area (Å²) < 4.78 is 38.9. The van der Waals surface area contributed by atoms with E-state index in [0.717, 1.165) is 25.7 Å². The van der Waals surface area contributed by atoms with Crippen LogP contribution in [0, 0.1) is 0 Å². The van der Waals surface area contributed by atoms with E-state index in [-0.39, 0.29) is 16.8 Å². The molecule has 2 N–H and O–H groups in total. The molecule has 154 valence electrons. The second-order valence-electron chi connectivity index (χ2n) is 7.74. The molecule has 1 fully saturated rings. The van der Waals surface area contributed by atoms with Gasteiger partial charge >= 0.3 is 0 Å². The van der Waals surface area contributed by atoms with Gasteiger partial charge in [0.05, 0.1) is 4.90 Å². The van der Waals surface area contributed by atoms with Gasteiger partial charge in [0.15, 0.2) is 11.5 Å². The summed E-state index contributed by atoms with van der Waals surface area (Å²) in [4.78, 5) is 12.7. The Hall–Kier alpha value is -2.58. The molecule has 1 aliphatic carbocycles. The van der Waals surface area contributed by atoms with Crippen molar-refractivity contribution in [1.29, 1.82) is 0 Å². The van der Waals surface area contributed by atoms with Gasteiger partial charge in [-0.2, -0.15) is 0 Å². The van der Waals surface area contributed by atoms with Crippen LogP contribution in [0.4, 0.5) is 5.69 Å². The van der Waals surface area contributed by atoms with Gasteiger partial charge in [0.2, 0.25) is 10.0 Å². The van der Waals surface area contributed by atoms with Gasteiger partial charge in [-0.25, -0.2) is 13.1 Å². The van der Waals surface area contributed by atoms with Crippen molar-refractivity contribution < 1.29 is 22.7 Å². The van der Waals surface area contributed by atoms with Crippen LogP contribution >= 0.6 is 0 Å². The van der Waals surface area contributed by atoms with Crippen molar-refractivity contribution >= 4 is 21.6 Å². The van der Waals surface area contributed by atoms with Crippen LogP contribution in [-0.4, -0.2) is 26.2 Å². The molecule has 0 aromatic heterocycles. The molecule has 0 saturated heterocycles. The summed E-state index contributed by atoms with van der Waals surface area (Å²) in [7, 11) is -3.59. The molecule has 2 aliphatic rings. The van der Waals surface area contributed by atoms with Crippen molar-refractivity contribution in [3.8, 4) is 11.5 Å². The molecule has 1 aliphatic heterocycles. The number of amides is 1. The lowest BCUT2D eigenvalue weighted by atomic mass is 10.2. The number of sulfonamides is 1. The van der Waals surface area contributed by atoms with Crippen LogP contribution in [0.5, 0.6) is 11.5 Å². The number of anilines is 1. The van der Waals surface area contributed by atoms with Crippen molar-refractivity contribution in [1.82, 2.24) is 4.72 Å². The van der Waals surface area contributed by atoms with Crippen molar-refractivity contribution in [2.75, 3.05) is 5.32 Å². The van der Waals surface area contributed by atoms with Crippen molar-refractivity contribution in [2.45, 2.75) is 56.3 Å². The summed E-state index contributed by atoms with van der Waals surface area (Å²) in [6, 6.07) is 10.9. The molecule has 2 aromatic rings. The maximum Gasteiger partial charge on any atom is 0.255 e. The molecule has 0 radical (unpaired) electrons. The molecule has 8 heteroatoms. The first kappa shape index (κ1) is 19.7. The standard InChI is InChI=1S/C21H24N2O5S/c1-14(2)23-29(25,26)17-8-5-15(6-9-17)20(24)22-16-7-10-18-19(13-16)28-21(27-18)11-3-4-12-21/h5-10,13-14,23H,3-4,11-12H2,1-2H3,(H,22,24). The van der Waals surface area contributed by atoms with Crippen LogP contribution in [0.2, 0.25) is 0 Å². The number of rotatable bonds is 5. The molecule has 4 rings (SSSR count). The Kier molecular flexibility index (Phi) is 5.00. The van der Waals surface area contributed by atoms with E-state index < -0.39 is 15.8 Å². The van der Waals surface area contributed by atoms with Crippen LogP contribution < -0.4 is 19.5 Å². The Morgan fingerprint density at radius 1 is 1.00 bits per heavy atom. The van der Waals surface area contributed by atoms with E-state index in [9.17, 15) is 13.2 Å². The third kappa shape index (κ3) is 4.09. The maximum atomic E-state index is 12.6. The minimum absolute atomic E-state index is 0.118. The summed E-state index contributed by atoms with van der Waals surface area (Å²) in [5.74, 6) is 0.444. The van der Waals surface area contributed by atoms with E-state index in [2.05, 4.69) is 10.0 Å². The van der Waals surface area contributed by atoms with Crippen LogP contribution in [0.1, 0.15) is 49.9 Å². The zero-order valence-corrected chi connectivity index (χ0v) is 17.2. The Balaban J connectivity index is 1.45. The molecule has 0 bridgehead atoms. The van der Waals surface area contributed by atoms with Crippen molar-refractivity contribution in [3.63, 3.8) is 0 Å². The van der Waals surface area contributed by atoms with Gasteiger partial charge in [0, 0.05) is 36.2 Å². The number of hydrogen-bond acceptors (Lipinski definition) is 5. The molecule has 1 spiro atoms. The summed E-state index contributed by atoms with van der Waals surface area (Å²) in [6.45, 7) is 3.50. The van der Waals surface area contributed by atoms with E-state index in [1.54, 1.807) is 32.0 Å². The Morgan fingerprint density at radius 2 is 1.66 bits per heavy atom. The molecular weight excluding hydrogens is 392 g/mol. The van der Waals surface area contributed by atoms with Gasteiger partial charge < -0.3 is 14.8 Å². The highest BCUT2D eigenvalue weighted by Crippen LogP contribution is 2.47. The monoisotopic (exact) mass is 416 g/mol. The smallest absolute Gasteiger partial charge is 0.255 e. The topological polar surface area (TPSA) is 93.7 Å². The van der Waals surface area contributed by atoms with Crippen molar-refractivity contribution in [3.05, 3.63) is 48.0 Å². The number of fused-ring (bicyclic) bond motifs is 1. The van der Waals surface area contributed by atoms with Crippen LogP contribution in [0.25, 0.3) is 0 Å². The number of hydrogen-bond donors (Lipinski definition) is 2. The first-order valence-electron chi connectivity index (χ1n) is 9.72. The average molecular weight is 416 g/mol. The van der Waals surface area contributed by atoms with Gasteiger partial charge in [-0.3, -0.25) is 4.79 Å². The number of ether oxygens (including phenoxy) is 2. The molecule has 2 aromatic carbocycles. The Bertz CT molecular complexity index is 1030. The van der Waals surface area contributed by atoms with Gasteiger partial charge in [-0.1, -0.05) is 0 Å². The average Bonchev–Trinajstić information content (AvgIpc) is 3.26. The first-order valence-corrected chi connectivity index (χ1v) is 11.2. The normalized spacial score (nSPS) is 17.1. The third-order valence-electron chi connectivity index (χ3n) is 4.98. The Labute approximate surface area is 170 Å². The maximum absolute atomic E-state index is 12.6. The quantitative estimate of drug-likeness (QED) is 0.776. The van der Waals surface area contributed by atoms with E-state index >= 15 is 0 Å². The molecule has 1 amide bonds. The third-order valence-corrected chi connectivity index (χ3v) is 6.65. The summed E-state index contributed by atoms with van der Waals surface area (Å²) in [5.41, 5.74) is 0.948.